The van der Waals surface area contributed by atoms with Crippen molar-refractivity contribution in [2.24, 2.45) is 5.41 Å². The molecule has 1 spiro atoms. The quantitative estimate of drug-likeness (QED) is 0.725. The molecule has 16 heavy (non-hydrogen) atoms. The van der Waals surface area contributed by atoms with Crippen molar-refractivity contribution < 1.29 is 9.53 Å². The Hall–Kier alpha value is -1.51. The zero-order valence-electron chi connectivity index (χ0n) is 9.38. The molecule has 1 aliphatic carbocycles. The molecule has 0 radical (unpaired) electrons. The molecule has 1 aliphatic heterocycles. The lowest BCUT2D eigenvalue weighted by Crippen LogP contribution is -2.45. The van der Waals surface area contributed by atoms with Crippen LogP contribution >= 0.6 is 0 Å². The lowest BCUT2D eigenvalue weighted by molar-refractivity contribution is -0.132. The Morgan fingerprint density at radius 3 is 2.88 bits per heavy atom. The Bertz CT molecular complexity index is 449. The molecule has 3 heteroatoms. The van der Waals surface area contributed by atoms with E-state index in [0.717, 1.165) is 36.3 Å². The highest BCUT2D eigenvalue weighted by Crippen LogP contribution is 2.45. The molecule has 1 fully saturated rings. The van der Waals surface area contributed by atoms with E-state index >= 15 is 0 Å². The SMILES string of the molecule is Cc1cccc2c1NC(=O)C1(CCC1)CO2. The maximum Gasteiger partial charge on any atom is 0.234 e. The topological polar surface area (TPSA) is 38.3 Å². The number of carbonyl (C=O) groups excluding carboxylic acids is 1. The third-order valence-electron chi connectivity index (χ3n) is 3.77. The smallest absolute Gasteiger partial charge is 0.234 e. The van der Waals surface area contributed by atoms with Crippen molar-refractivity contribution in [3.8, 4) is 5.75 Å². The summed E-state index contributed by atoms with van der Waals surface area (Å²) in [6.45, 7) is 2.51. The van der Waals surface area contributed by atoms with Gasteiger partial charge < -0.3 is 10.1 Å². The summed E-state index contributed by atoms with van der Waals surface area (Å²) in [5, 5.41) is 3.02. The fraction of sp³-hybridized carbons (Fsp3) is 0.462. The molecule has 0 unspecified atom stereocenters. The second-order valence-corrected chi connectivity index (χ2v) is 4.82. The third kappa shape index (κ3) is 1.24. The number of amides is 1. The van der Waals surface area contributed by atoms with Gasteiger partial charge in [-0.3, -0.25) is 4.79 Å². The van der Waals surface area contributed by atoms with Gasteiger partial charge in [0.25, 0.3) is 0 Å². The maximum absolute atomic E-state index is 12.1. The monoisotopic (exact) mass is 217 g/mol. The number of ether oxygens (including phenoxy) is 1. The van der Waals surface area contributed by atoms with Crippen molar-refractivity contribution in [3.63, 3.8) is 0 Å². The first kappa shape index (κ1) is 9.70. The molecule has 0 bridgehead atoms. The van der Waals surface area contributed by atoms with Crippen LogP contribution in [-0.4, -0.2) is 12.5 Å². The Morgan fingerprint density at radius 2 is 2.19 bits per heavy atom. The van der Waals surface area contributed by atoms with Crippen LogP contribution in [0.25, 0.3) is 0 Å². The zero-order chi connectivity index (χ0) is 11.2. The van der Waals surface area contributed by atoms with Crippen LogP contribution in [0.1, 0.15) is 24.8 Å². The molecule has 0 aromatic heterocycles. The van der Waals surface area contributed by atoms with Crippen molar-refractivity contribution in [3.05, 3.63) is 23.8 Å². The molecule has 84 valence electrons. The number of hydrogen-bond acceptors (Lipinski definition) is 2. The van der Waals surface area contributed by atoms with E-state index in [2.05, 4.69) is 5.32 Å². The number of nitrogens with one attached hydrogen (secondary N) is 1. The number of hydrogen-bond donors (Lipinski definition) is 1. The molecular weight excluding hydrogens is 202 g/mol. The molecule has 1 N–H and O–H groups in total. The molecule has 0 atom stereocenters. The van der Waals surface area contributed by atoms with Crippen LogP contribution in [0, 0.1) is 12.3 Å². The number of aryl methyl sites for hydroxylation is 1. The molecule has 1 amide bonds. The second kappa shape index (κ2) is 3.24. The van der Waals surface area contributed by atoms with Gasteiger partial charge in [-0.1, -0.05) is 18.6 Å². The highest BCUT2D eigenvalue weighted by Gasteiger charge is 2.46. The lowest BCUT2D eigenvalue weighted by atomic mass is 9.69. The molecule has 1 aromatic carbocycles. The van der Waals surface area contributed by atoms with Crippen molar-refractivity contribution in [2.75, 3.05) is 11.9 Å². The Kier molecular flexibility index (Phi) is 1.96. The highest BCUT2D eigenvalue weighted by atomic mass is 16.5. The van der Waals surface area contributed by atoms with Crippen molar-refractivity contribution in [1.29, 1.82) is 0 Å². The summed E-state index contributed by atoms with van der Waals surface area (Å²) in [7, 11) is 0. The van der Waals surface area contributed by atoms with Gasteiger partial charge in [0.15, 0.2) is 0 Å². The van der Waals surface area contributed by atoms with E-state index in [4.69, 9.17) is 4.74 Å². The molecule has 1 aromatic rings. The van der Waals surface area contributed by atoms with Gasteiger partial charge in [-0.2, -0.15) is 0 Å². The standard InChI is InChI=1S/C13H15NO2/c1-9-4-2-5-10-11(9)14-12(15)13(8-16-10)6-3-7-13/h2,4-5H,3,6-8H2,1H3,(H,14,15). The second-order valence-electron chi connectivity index (χ2n) is 4.82. The van der Waals surface area contributed by atoms with E-state index in [0.29, 0.717) is 6.61 Å². The third-order valence-corrected chi connectivity index (χ3v) is 3.77. The lowest BCUT2D eigenvalue weighted by Gasteiger charge is -2.37. The van der Waals surface area contributed by atoms with Crippen molar-refractivity contribution >= 4 is 11.6 Å². The molecule has 1 saturated carbocycles. The maximum atomic E-state index is 12.1. The molecule has 3 nitrogen and oxygen atoms in total. The largest absolute Gasteiger partial charge is 0.490 e. The first-order valence-electron chi connectivity index (χ1n) is 5.75. The van der Waals surface area contributed by atoms with E-state index in [-0.39, 0.29) is 11.3 Å². The minimum absolute atomic E-state index is 0.131. The summed E-state index contributed by atoms with van der Waals surface area (Å²) >= 11 is 0. The number of anilines is 1. The first-order valence-corrected chi connectivity index (χ1v) is 5.75. The van der Waals surface area contributed by atoms with Crippen molar-refractivity contribution in [2.45, 2.75) is 26.2 Å². The van der Waals surface area contributed by atoms with Crippen LogP contribution in [-0.2, 0) is 4.79 Å². The van der Waals surface area contributed by atoms with Gasteiger partial charge in [-0.05, 0) is 31.4 Å². The molecular formula is C13H15NO2. The van der Waals surface area contributed by atoms with E-state index in [1.165, 1.54) is 0 Å². The van der Waals surface area contributed by atoms with Gasteiger partial charge in [-0.25, -0.2) is 0 Å². The van der Waals surface area contributed by atoms with Gasteiger partial charge in [-0.15, -0.1) is 0 Å². The molecule has 0 saturated heterocycles. The predicted octanol–water partition coefficient (Wildman–Crippen LogP) is 2.50. The highest BCUT2D eigenvalue weighted by molar-refractivity contribution is 5.98. The summed E-state index contributed by atoms with van der Waals surface area (Å²) in [5.74, 6) is 0.934. The Labute approximate surface area is 94.8 Å². The van der Waals surface area contributed by atoms with E-state index in [1.54, 1.807) is 0 Å². The van der Waals surface area contributed by atoms with Crippen LogP contribution < -0.4 is 10.1 Å². The summed E-state index contributed by atoms with van der Waals surface area (Å²) in [5.41, 5.74) is 1.64. The number of para-hydroxylation sites is 1. The fourth-order valence-electron chi connectivity index (χ4n) is 2.42. The molecule has 3 rings (SSSR count). The Morgan fingerprint density at radius 1 is 1.38 bits per heavy atom. The summed E-state index contributed by atoms with van der Waals surface area (Å²) in [6.07, 6.45) is 3.03. The van der Waals surface area contributed by atoms with Crippen LogP contribution in [0.2, 0.25) is 0 Å². The zero-order valence-corrected chi connectivity index (χ0v) is 9.38. The summed E-state index contributed by atoms with van der Waals surface area (Å²) < 4.78 is 5.77. The number of fused-ring (bicyclic) bond motifs is 1. The van der Waals surface area contributed by atoms with Gasteiger partial charge in [0.1, 0.15) is 12.4 Å². The average Bonchev–Trinajstić information content (AvgIpc) is 2.35. The van der Waals surface area contributed by atoms with E-state index in [1.807, 2.05) is 25.1 Å². The fourth-order valence-corrected chi connectivity index (χ4v) is 2.42. The summed E-state index contributed by atoms with van der Waals surface area (Å²) in [4.78, 5) is 12.1. The average molecular weight is 217 g/mol. The minimum Gasteiger partial charge on any atom is -0.490 e. The number of carbonyl (C=O) groups is 1. The van der Waals surface area contributed by atoms with E-state index < -0.39 is 0 Å². The number of benzene rings is 1. The van der Waals surface area contributed by atoms with Crippen LogP contribution in [0.5, 0.6) is 5.75 Å². The normalized spacial score (nSPS) is 21.4. The minimum atomic E-state index is -0.258. The van der Waals surface area contributed by atoms with Gasteiger partial charge >= 0.3 is 0 Å². The summed E-state index contributed by atoms with van der Waals surface area (Å²) in [6, 6.07) is 5.86. The van der Waals surface area contributed by atoms with Crippen LogP contribution in [0.4, 0.5) is 5.69 Å². The Balaban J connectivity index is 2.00. The van der Waals surface area contributed by atoms with Crippen LogP contribution in [0.15, 0.2) is 18.2 Å². The first-order chi connectivity index (χ1) is 7.71. The molecule has 2 aliphatic rings. The van der Waals surface area contributed by atoms with Gasteiger partial charge in [0.2, 0.25) is 5.91 Å². The molecule has 1 heterocycles. The van der Waals surface area contributed by atoms with Crippen LogP contribution in [0.3, 0.4) is 0 Å². The van der Waals surface area contributed by atoms with Crippen molar-refractivity contribution in [1.82, 2.24) is 0 Å². The van der Waals surface area contributed by atoms with Gasteiger partial charge in [0.05, 0.1) is 11.1 Å². The number of rotatable bonds is 0. The van der Waals surface area contributed by atoms with E-state index in [9.17, 15) is 4.79 Å². The predicted molar refractivity (Wildman–Crippen MR) is 61.6 cm³/mol. The van der Waals surface area contributed by atoms with Gasteiger partial charge in [0, 0.05) is 0 Å².